The van der Waals surface area contributed by atoms with Crippen LogP contribution in [0.25, 0.3) is 10.8 Å². The van der Waals surface area contributed by atoms with E-state index in [1.807, 2.05) is 49.0 Å². The SMILES string of the molecule is CN(C)CCn1cnc2c(c1=N)C(c1ccco1)c1c(ccc3ccccc13)O2. The zero-order valence-electron chi connectivity index (χ0n) is 16.4. The van der Waals surface area contributed by atoms with E-state index in [0.717, 1.165) is 40.0 Å². The Morgan fingerprint density at radius 3 is 2.72 bits per heavy atom. The van der Waals surface area contributed by atoms with Crippen molar-refractivity contribution in [3.05, 3.63) is 83.5 Å². The molecule has 0 aliphatic carbocycles. The summed E-state index contributed by atoms with van der Waals surface area (Å²) in [4.78, 5) is 6.65. The first-order chi connectivity index (χ1) is 14.1. The highest BCUT2D eigenvalue weighted by Gasteiger charge is 2.35. The van der Waals surface area contributed by atoms with Gasteiger partial charge in [-0.15, -0.1) is 0 Å². The minimum absolute atomic E-state index is 0.248. The lowest BCUT2D eigenvalue weighted by molar-refractivity contribution is 0.369. The van der Waals surface area contributed by atoms with E-state index in [-0.39, 0.29) is 5.92 Å². The minimum Gasteiger partial charge on any atom is -0.468 e. The normalized spacial score (nSPS) is 15.2. The molecule has 0 saturated carbocycles. The van der Waals surface area contributed by atoms with Crippen LogP contribution in [0.1, 0.15) is 22.8 Å². The zero-order valence-corrected chi connectivity index (χ0v) is 16.4. The van der Waals surface area contributed by atoms with Crippen molar-refractivity contribution in [2.75, 3.05) is 20.6 Å². The van der Waals surface area contributed by atoms with E-state index >= 15 is 0 Å². The molecule has 0 amide bonds. The van der Waals surface area contributed by atoms with Crippen molar-refractivity contribution in [1.82, 2.24) is 14.5 Å². The van der Waals surface area contributed by atoms with Gasteiger partial charge in [0.15, 0.2) is 0 Å². The number of nitrogens with one attached hydrogen (secondary N) is 1. The van der Waals surface area contributed by atoms with E-state index in [0.29, 0.717) is 17.9 Å². The first-order valence-electron chi connectivity index (χ1n) is 9.65. The first-order valence-corrected chi connectivity index (χ1v) is 9.65. The third-order valence-electron chi connectivity index (χ3n) is 5.42. The fourth-order valence-corrected chi connectivity index (χ4v) is 3.98. The predicted molar refractivity (Wildman–Crippen MR) is 110 cm³/mol. The number of aromatic nitrogens is 2. The first kappa shape index (κ1) is 17.7. The summed E-state index contributed by atoms with van der Waals surface area (Å²) in [5, 5.41) is 11.2. The summed E-state index contributed by atoms with van der Waals surface area (Å²) in [6.07, 6.45) is 3.37. The number of ether oxygens (including phenoxy) is 1. The van der Waals surface area contributed by atoms with Crippen LogP contribution >= 0.6 is 0 Å². The molecule has 2 aromatic heterocycles. The summed E-state index contributed by atoms with van der Waals surface area (Å²) >= 11 is 0. The number of furan rings is 1. The van der Waals surface area contributed by atoms with Crippen LogP contribution in [0, 0.1) is 5.41 Å². The van der Waals surface area contributed by atoms with Crippen molar-refractivity contribution >= 4 is 10.8 Å². The zero-order chi connectivity index (χ0) is 20.0. The summed E-state index contributed by atoms with van der Waals surface area (Å²) in [5.74, 6) is 1.77. The molecular formula is C23H22N4O2. The summed E-state index contributed by atoms with van der Waals surface area (Å²) in [7, 11) is 4.04. The van der Waals surface area contributed by atoms with E-state index in [2.05, 4.69) is 28.1 Å². The molecule has 0 bridgehead atoms. The Kier molecular flexibility index (Phi) is 4.21. The summed E-state index contributed by atoms with van der Waals surface area (Å²) in [6.45, 7) is 1.50. The van der Waals surface area contributed by atoms with Gasteiger partial charge in [0.05, 0.1) is 17.7 Å². The summed E-state index contributed by atoms with van der Waals surface area (Å²) < 4.78 is 13.9. The molecular weight excluding hydrogens is 364 g/mol. The quantitative estimate of drug-likeness (QED) is 0.508. The van der Waals surface area contributed by atoms with Crippen LogP contribution in [-0.2, 0) is 6.54 Å². The topological polar surface area (TPSA) is 67.3 Å². The number of fused-ring (bicyclic) bond motifs is 4. The van der Waals surface area contributed by atoms with E-state index in [1.165, 1.54) is 0 Å². The third kappa shape index (κ3) is 2.93. The van der Waals surface area contributed by atoms with E-state index < -0.39 is 0 Å². The molecule has 4 aromatic rings. The van der Waals surface area contributed by atoms with Crippen molar-refractivity contribution in [3.8, 4) is 11.6 Å². The van der Waals surface area contributed by atoms with E-state index in [9.17, 15) is 0 Å². The Balaban J connectivity index is 1.77. The molecule has 0 spiro atoms. The van der Waals surface area contributed by atoms with Crippen LogP contribution in [0.4, 0.5) is 0 Å². The minimum atomic E-state index is -0.248. The molecule has 5 rings (SSSR count). The second-order valence-electron chi connectivity index (χ2n) is 7.56. The Morgan fingerprint density at radius 2 is 1.93 bits per heavy atom. The average Bonchev–Trinajstić information content (AvgIpc) is 3.26. The largest absolute Gasteiger partial charge is 0.468 e. The molecule has 3 heterocycles. The van der Waals surface area contributed by atoms with Crippen LogP contribution in [0.15, 0.2) is 65.5 Å². The predicted octanol–water partition coefficient (Wildman–Crippen LogP) is 3.96. The molecule has 6 heteroatoms. The molecule has 1 N–H and O–H groups in total. The number of hydrogen-bond donors (Lipinski definition) is 1. The second-order valence-corrected chi connectivity index (χ2v) is 7.56. The van der Waals surface area contributed by atoms with Gasteiger partial charge in [0, 0.05) is 18.7 Å². The number of likely N-dealkylation sites (N-methyl/N-ethyl adjacent to an activating group) is 1. The average molecular weight is 386 g/mol. The highest BCUT2D eigenvalue weighted by atomic mass is 16.5. The van der Waals surface area contributed by atoms with Gasteiger partial charge in [0.25, 0.3) is 0 Å². The van der Waals surface area contributed by atoms with Gasteiger partial charge in [-0.25, -0.2) is 4.98 Å². The van der Waals surface area contributed by atoms with Crippen molar-refractivity contribution < 1.29 is 9.15 Å². The maximum absolute atomic E-state index is 8.93. The van der Waals surface area contributed by atoms with Crippen LogP contribution in [0.2, 0.25) is 0 Å². The Morgan fingerprint density at radius 1 is 1.07 bits per heavy atom. The maximum Gasteiger partial charge on any atom is 0.228 e. The number of benzene rings is 2. The van der Waals surface area contributed by atoms with Crippen LogP contribution in [-0.4, -0.2) is 35.1 Å². The lowest BCUT2D eigenvalue weighted by Gasteiger charge is -2.28. The molecule has 146 valence electrons. The fourth-order valence-electron chi connectivity index (χ4n) is 3.98. The monoisotopic (exact) mass is 386 g/mol. The smallest absolute Gasteiger partial charge is 0.228 e. The third-order valence-corrected chi connectivity index (χ3v) is 5.42. The van der Waals surface area contributed by atoms with Crippen LogP contribution in [0.3, 0.4) is 0 Å². The molecule has 1 unspecified atom stereocenters. The van der Waals surface area contributed by atoms with Gasteiger partial charge in [-0.1, -0.05) is 30.3 Å². The fraction of sp³-hybridized carbons (Fsp3) is 0.217. The molecule has 1 aliphatic rings. The Bertz CT molecular complexity index is 1240. The van der Waals surface area contributed by atoms with Crippen LogP contribution in [0.5, 0.6) is 11.6 Å². The molecule has 1 aliphatic heterocycles. The van der Waals surface area contributed by atoms with Crippen LogP contribution < -0.4 is 10.2 Å². The Hall–Kier alpha value is -3.38. The lowest BCUT2D eigenvalue weighted by Crippen LogP contribution is -2.32. The maximum atomic E-state index is 8.93. The van der Waals surface area contributed by atoms with Gasteiger partial charge in [-0.2, -0.15) is 0 Å². The summed E-state index contributed by atoms with van der Waals surface area (Å²) in [6, 6.07) is 16.1. The van der Waals surface area contributed by atoms with Crippen molar-refractivity contribution in [1.29, 1.82) is 5.41 Å². The van der Waals surface area contributed by atoms with Gasteiger partial charge in [-0.3, -0.25) is 5.41 Å². The molecule has 29 heavy (non-hydrogen) atoms. The van der Waals surface area contributed by atoms with Gasteiger partial charge < -0.3 is 18.6 Å². The van der Waals surface area contributed by atoms with E-state index in [1.54, 1.807) is 12.6 Å². The molecule has 6 nitrogen and oxygen atoms in total. The lowest BCUT2D eigenvalue weighted by atomic mass is 9.84. The number of nitrogens with zero attached hydrogens (tertiary/aromatic N) is 3. The number of rotatable bonds is 4. The summed E-state index contributed by atoms with van der Waals surface area (Å²) in [5.41, 5.74) is 2.16. The van der Waals surface area contributed by atoms with Gasteiger partial charge in [0.2, 0.25) is 5.88 Å². The Labute approximate surface area is 168 Å². The molecule has 0 fully saturated rings. The standard InChI is InChI=1S/C23H22N4O2/c1-26(2)11-12-27-14-25-23-21(22(27)24)20(17-8-5-13-28-17)19-16-7-4-3-6-15(16)9-10-18(19)29-23/h3-10,13-14,20,24H,11-12H2,1-2H3. The van der Waals surface area contributed by atoms with E-state index in [4.69, 9.17) is 14.6 Å². The number of hydrogen-bond acceptors (Lipinski definition) is 5. The van der Waals surface area contributed by atoms with Crippen molar-refractivity contribution in [3.63, 3.8) is 0 Å². The van der Waals surface area contributed by atoms with Gasteiger partial charge >= 0.3 is 0 Å². The molecule has 0 radical (unpaired) electrons. The van der Waals surface area contributed by atoms with Gasteiger partial charge in [-0.05, 0) is 43.1 Å². The van der Waals surface area contributed by atoms with Crippen molar-refractivity contribution in [2.45, 2.75) is 12.5 Å². The van der Waals surface area contributed by atoms with Gasteiger partial charge in [0.1, 0.15) is 23.3 Å². The highest BCUT2D eigenvalue weighted by molar-refractivity contribution is 5.90. The highest BCUT2D eigenvalue weighted by Crippen LogP contribution is 2.47. The van der Waals surface area contributed by atoms with Crippen molar-refractivity contribution in [2.24, 2.45) is 0 Å². The second kappa shape index (κ2) is 6.90. The molecule has 1 atom stereocenters. The molecule has 0 saturated heterocycles. The molecule has 2 aromatic carbocycles.